The molecule has 0 bridgehead atoms. The zero-order valence-electron chi connectivity index (χ0n) is 18.7. The van der Waals surface area contributed by atoms with Crippen molar-refractivity contribution in [2.45, 2.75) is 0 Å². The van der Waals surface area contributed by atoms with Crippen molar-refractivity contribution in [1.29, 1.82) is 0 Å². The normalized spacial score (nSPS) is 13.9. The number of carbonyl (C=O) groups is 1. The molecule has 0 aliphatic carbocycles. The van der Waals surface area contributed by atoms with E-state index >= 15 is 0 Å². The first-order chi connectivity index (χ1) is 16.4. The second kappa shape index (κ2) is 10.7. The van der Waals surface area contributed by atoms with Crippen molar-refractivity contribution in [3.8, 4) is 0 Å². The van der Waals surface area contributed by atoms with Gasteiger partial charge < -0.3 is 25.8 Å². The van der Waals surface area contributed by atoms with Crippen LogP contribution >= 0.6 is 23.2 Å². The summed E-state index contributed by atoms with van der Waals surface area (Å²) in [5, 5.41) is 9.72. The van der Waals surface area contributed by atoms with Gasteiger partial charge in [-0.05, 0) is 55.6 Å². The van der Waals surface area contributed by atoms with E-state index in [1.165, 1.54) is 18.0 Å². The van der Waals surface area contributed by atoms with Crippen LogP contribution in [0.5, 0.6) is 0 Å². The van der Waals surface area contributed by atoms with Gasteiger partial charge in [0.1, 0.15) is 5.02 Å². The quantitative estimate of drug-likeness (QED) is 0.389. The summed E-state index contributed by atoms with van der Waals surface area (Å²) < 4.78 is 0. The highest BCUT2D eigenvalue weighted by atomic mass is 35.5. The minimum Gasteiger partial charge on any atom is -0.369 e. The van der Waals surface area contributed by atoms with Gasteiger partial charge >= 0.3 is 0 Å². The molecule has 8 nitrogen and oxygen atoms in total. The number of hydrogen-bond acceptors (Lipinski definition) is 7. The number of likely N-dealkylation sites (N-methyl/N-ethyl adjacent to an activating group) is 1. The van der Waals surface area contributed by atoms with Gasteiger partial charge in [0.15, 0.2) is 5.82 Å². The second-order valence-electron chi connectivity index (χ2n) is 7.87. The molecule has 1 aromatic heterocycles. The third kappa shape index (κ3) is 5.96. The molecule has 4 rings (SSSR count). The average molecular weight is 498 g/mol. The van der Waals surface area contributed by atoms with Crippen molar-refractivity contribution in [3.05, 3.63) is 71.4 Å². The Balaban J connectivity index is 1.43. The molecule has 0 radical (unpaired) electrons. The van der Waals surface area contributed by atoms with Gasteiger partial charge in [-0.15, -0.1) is 0 Å². The molecule has 1 aliphatic heterocycles. The summed E-state index contributed by atoms with van der Waals surface area (Å²) in [5.74, 6) is 0.487. The van der Waals surface area contributed by atoms with Crippen LogP contribution < -0.4 is 20.9 Å². The Morgan fingerprint density at radius 3 is 2.38 bits per heavy atom. The van der Waals surface area contributed by atoms with E-state index < -0.39 is 0 Å². The number of amides is 1. The Bertz CT molecular complexity index is 1180. The number of anilines is 6. The maximum Gasteiger partial charge on any atom is 0.247 e. The predicted molar refractivity (Wildman–Crippen MR) is 140 cm³/mol. The van der Waals surface area contributed by atoms with Gasteiger partial charge in [-0.2, -0.15) is 4.98 Å². The molecule has 176 valence electrons. The first kappa shape index (κ1) is 23.8. The fourth-order valence-electron chi connectivity index (χ4n) is 3.48. The van der Waals surface area contributed by atoms with E-state index in [4.69, 9.17) is 23.2 Å². The van der Waals surface area contributed by atoms with E-state index in [2.05, 4.69) is 61.5 Å². The first-order valence-corrected chi connectivity index (χ1v) is 11.5. The predicted octanol–water partition coefficient (Wildman–Crippen LogP) is 5.15. The highest BCUT2D eigenvalue weighted by Gasteiger charge is 2.14. The molecule has 34 heavy (non-hydrogen) atoms. The maximum atomic E-state index is 11.5. The van der Waals surface area contributed by atoms with Crippen molar-refractivity contribution in [2.24, 2.45) is 0 Å². The Hall–Kier alpha value is -3.33. The lowest BCUT2D eigenvalue weighted by molar-refractivity contribution is -0.111. The van der Waals surface area contributed by atoms with E-state index in [1.807, 2.05) is 12.1 Å². The SMILES string of the molecule is C=CC(=O)Nc1ccc(Nc2nc(Nc3ccc(N4CCN(C)CC4)cc3)ncc2Cl)cc1Cl. The number of halogens is 2. The van der Waals surface area contributed by atoms with Crippen LogP contribution in [0.3, 0.4) is 0 Å². The monoisotopic (exact) mass is 497 g/mol. The largest absolute Gasteiger partial charge is 0.369 e. The summed E-state index contributed by atoms with van der Waals surface area (Å²) in [6.07, 6.45) is 2.70. The number of benzene rings is 2. The minimum atomic E-state index is -0.339. The number of rotatable bonds is 7. The molecule has 0 atom stereocenters. The van der Waals surface area contributed by atoms with Crippen molar-refractivity contribution < 1.29 is 4.79 Å². The van der Waals surface area contributed by atoms with Gasteiger partial charge in [-0.1, -0.05) is 29.8 Å². The molecular formula is C24H25Cl2N7O. The molecule has 3 N–H and O–H groups in total. The third-order valence-corrected chi connectivity index (χ3v) is 6.00. The van der Waals surface area contributed by atoms with Gasteiger partial charge in [-0.25, -0.2) is 4.98 Å². The first-order valence-electron chi connectivity index (χ1n) is 10.7. The number of carbonyl (C=O) groups excluding carboxylic acids is 1. The molecule has 0 spiro atoms. The molecule has 1 amide bonds. The Morgan fingerprint density at radius 2 is 1.71 bits per heavy atom. The van der Waals surface area contributed by atoms with Crippen LogP contribution in [-0.4, -0.2) is 54.0 Å². The molecule has 10 heteroatoms. The molecule has 1 fully saturated rings. The van der Waals surface area contributed by atoms with Gasteiger partial charge in [0.05, 0.1) is 16.9 Å². The average Bonchev–Trinajstić information content (AvgIpc) is 2.84. The summed E-state index contributed by atoms with van der Waals surface area (Å²) in [5.41, 5.74) is 3.21. The van der Waals surface area contributed by atoms with Crippen LogP contribution in [0.1, 0.15) is 0 Å². The van der Waals surface area contributed by atoms with Crippen molar-refractivity contribution >= 4 is 63.6 Å². The number of piperazine rings is 1. The number of aromatic nitrogens is 2. The maximum absolute atomic E-state index is 11.5. The lowest BCUT2D eigenvalue weighted by Gasteiger charge is -2.34. The Labute approximate surface area is 208 Å². The van der Waals surface area contributed by atoms with Crippen molar-refractivity contribution in [2.75, 3.05) is 54.1 Å². The van der Waals surface area contributed by atoms with Crippen LogP contribution in [0.4, 0.5) is 34.5 Å². The highest BCUT2D eigenvalue weighted by Crippen LogP contribution is 2.30. The summed E-state index contributed by atoms with van der Waals surface area (Å²) in [6.45, 7) is 7.59. The van der Waals surface area contributed by atoms with Crippen molar-refractivity contribution in [3.63, 3.8) is 0 Å². The lowest BCUT2D eigenvalue weighted by atomic mass is 10.2. The van der Waals surface area contributed by atoms with Gasteiger partial charge in [-0.3, -0.25) is 4.79 Å². The van der Waals surface area contributed by atoms with Gasteiger partial charge in [0.25, 0.3) is 0 Å². The fraction of sp³-hybridized carbons (Fsp3) is 0.208. The second-order valence-corrected chi connectivity index (χ2v) is 8.68. The van der Waals surface area contributed by atoms with Crippen LogP contribution in [0.2, 0.25) is 10.0 Å². The highest BCUT2D eigenvalue weighted by molar-refractivity contribution is 6.34. The van der Waals surface area contributed by atoms with Crippen LogP contribution in [0.15, 0.2) is 61.3 Å². The summed E-state index contributed by atoms with van der Waals surface area (Å²) in [4.78, 5) is 25.0. The van der Waals surface area contributed by atoms with Crippen LogP contribution in [0, 0.1) is 0 Å². The summed E-state index contributed by atoms with van der Waals surface area (Å²) in [7, 11) is 2.15. The third-order valence-electron chi connectivity index (χ3n) is 5.41. The Kier molecular flexibility index (Phi) is 7.52. The molecule has 1 aliphatic rings. The van der Waals surface area contributed by atoms with E-state index in [0.717, 1.165) is 31.9 Å². The lowest BCUT2D eigenvalue weighted by Crippen LogP contribution is -2.44. The molecule has 2 aromatic carbocycles. The van der Waals surface area contributed by atoms with E-state index in [0.29, 0.717) is 33.2 Å². The number of hydrogen-bond donors (Lipinski definition) is 3. The topological polar surface area (TPSA) is 85.4 Å². The van der Waals surface area contributed by atoms with Gasteiger partial charge in [0.2, 0.25) is 11.9 Å². The van der Waals surface area contributed by atoms with E-state index in [1.54, 1.807) is 18.2 Å². The smallest absolute Gasteiger partial charge is 0.247 e. The minimum absolute atomic E-state index is 0.339. The molecule has 2 heterocycles. The summed E-state index contributed by atoms with van der Waals surface area (Å²) >= 11 is 12.6. The van der Waals surface area contributed by atoms with Crippen molar-refractivity contribution in [1.82, 2.24) is 14.9 Å². The molecule has 1 saturated heterocycles. The van der Waals surface area contributed by atoms with Crippen LogP contribution in [-0.2, 0) is 4.79 Å². The molecule has 0 saturated carbocycles. The zero-order valence-corrected chi connectivity index (χ0v) is 20.2. The number of nitrogens with one attached hydrogen (secondary N) is 3. The van der Waals surface area contributed by atoms with E-state index in [9.17, 15) is 4.79 Å². The molecule has 3 aromatic rings. The summed E-state index contributed by atoms with van der Waals surface area (Å²) in [6, 6.07) is 13.3. The van der Waals surface area contributed by atoms with E-state index in [-0.39, 0.29) is 5.91 Å². The van der Waals surface area contributed by atoms with Crippen LogP contribution in [0.25, 0.3) is 0 Å². The zero-order chi connectivity index (χ0) is 24.1. The Morgan fingerprint density at radius 1 is 1.00 bits per heavy atom. The molecular weight excluding hydrogens is 473 g/mol. The van der Waals surface area contributed by atoms with Gasteiger partial charge in [0, 0.05) is 43.2 Å². The fourth-order valence-corrected chi connectivity index (χ4v) is 3.85. The number of nitrogens with zero attached hydrogens (tertiary/aromatic N) is 4. The standard InChI is InChI=1S/C24H25Cl2N7O/c1-3-22(34)30-21-9-6-17(14-19(21)25)28-23-20(26)15-27-24(31-23)29-16-4-7-18(8-5-16)33-12-10-32(2)11-13-33/h3-9,14-15H,1,10-13H2,2H3,(H,30,34)(H2,27,28,29,31). The molecule has 0 unspecified atom stereocenters.